The number of benzene rings is 1. The van der Waals surface area contributed by atoms with Crippen LogP contribution in [0.1, 0.15) is 53.2 Å². The molecule has 1 aromatic carbocycles. The summed E-state index contributed by atoms with van der Waals surface area (Å²) in [6.07, 6.45) is 1.46. The summed E-state index contributed by atoms with van der Waals surface area (Å²) in [6, 6.07) is 4.06. The van der Waals surface area contributed by atoms with Gasteiger partial charge in [0.2, 0.25) is 5.91 Å². The summed E-state index contributed by atoms with van der Waals surface area (Å²) in [7, 11) is 0. The van der Waals surface area contributed by atoms with Crippen molar-refractivity contribution in [3.63, 3.8) is 0 Å². The van der Waals surface area contributed by atoms with Gasteiger partial charge >= 0.3 is 0 Å². The van der Waals surface area contributed by atoms with Gasteiger partial charge in [0.05, 0.1) is 0 Å². The molecule has 0 radical (unpaired) electrons. The molecule has 1 N–H and O–H groups in total. The molecule has 0 aliphatic carbocycles. The minimum Gasteiger partial charge on any atom is -0.356 e. The fraction of sp³-hybridized carbons (Fsp3) is 0.500. The van der Waals surface area contributed by atoms with Gasteiger partial charge in [-0.2, -0.15) is 0 Å². The molecule has 0 aliphatic heterocycles. The first-order chi connectivity index (χ1) is 8.95. The lowest BCUT2D eigenvalue weighted by molar-refractivity contribution is -0.121. The summed E-state index contributed by atoms with van der Waals surface area (Å²) in [4.78, 5) is 23.5. The highest BCUT2D eigenvalue weighted by atomic mass is 16.1. The number of aryl methyl sites for hydroxylation is 3. The number of carbonyl (C=O) groups is 2. The Labute approximate surface area is 115 Å². The van der Waals surface area contributed by atoms with E-state index in [4.69, 9.17) is 0 Å². The standard InChI is InChI=1S/C16H23NO2/c1-5-17-15(19)8-6-7-14(18)16-12(3)9-11(2)10-13(16)4/h9-10H,5-8H2,1-4H3,(H,17,19). The van der Waals surface area contributed by atoms with Crippen LogP contribution in [-0.4, -0.2) is 18.2 Å². The van der Waals surface area contributed by atoms with Crippen molar-refractivity contribution < 1.29 is 9.59 Å². The Hall–Kier alpha value is -1.64. The predicted molar refractivity (Wildman–Crippen MR) is 77.5 cm³/mol. The largest absolute Gasteiger partial charge is 0.356 e. The number of rotatable bonds is 6. The average Bonchev–Trinajstić information content (AvgIpc) is 2.27. The van der Waals surface area contributed by atoms with Gasteiger partial charge in [-0.1, -0.05) is 17.7 Å². The van der Waals surface area contributed by atoms with Crippen molar-refractivity contribution in [3.05, 3.63) is 34.4 Å². The number of ketones is 1. The van der Waals surface area contributed by atoms with E-state index in [1.54, 1.807) is 0 Å². The van der Waals surface area contributed by atoms with Crippen LogP contribution in [0.4, 0.5) is 0 Å². The predicted octanol–water partition coefficient (Wildman–Crippen LogP) is 3.10. The van der Waals surface area contributed by atoms with Crippen molar-refractivity contribution in [2.45, 2.75) is 47.0 Å². The van der Waals surface area contributed by atoms with Crippen molar-refractivity contribution in [2.75, 3.05) is 6.54 Å². The van der Waals surface area contributed by atoms with Crippen LogP contribution >= 0.6 is 0 Å². The van der Waals surface area contributed by atoms with Crippen molar-refractivity contribution >= 4 is 11.7 Å². The third kappa shape index (κ3) is 4.51. The Morgan fingerprint density at radius 2 is 1.63 bits per heavy atom. The maximum absolute atomic E-state index is 12.2. The van der Waals surface area contributed by atoms with E-state index in [0.717, 1.165) is 16.7 Å². The second kappa shape index (κ2) is 7.07. The number of nitrogens with one attached hydrogen (secondary N) is 1. The van der Waals surface area contributed by atoms with Gasteiger partial charge in [-0.05, 0) is 45.2 Å². The molecular formula is C16H23NO2. The Morgan fingerprint density at radius 3 is 2.16 bits per heavy atom. The van der Waals surface area contributed by atoms with E-state index in [0.29, 0.717) is 25.8 Å². The Morgan fingerprint density at radius 1 is 1.05 bits per heavy atom. The molecule has 19 heavy (non-hydrogen) atoms. The minimum atomic E-state index is 0.0210. The highest BCUT2D eigenvalue weighted by molar-refractivity contribution is 5.99. The van der Waals surface area contributed by atoms with E-state index >= 15 is 0 Å². The molecule has 3 nitrogen and oxygen atoms in total. The average molecular weight is 261 g/mol. The van der Waals surface area contributed by atoms with Crippen LogP contribution in [0.15, 0.2) is 12.1 Å². The van der Waals surface area contributed by atoms with Crippen molar-refractivity contribution in [1.29, 1.82) is 0 Å². The zero-order valence-electron chi connectivity index (χ0n) is 12.3. The fourth-order valence-electron chi connectivity index (χ4n) is 2.44. The van der Waals surface area contributed by atoms with Gasteiger partial charge in [0, 0.05) is 24.9 Å². The van der Waals surface area contributed by atoms with Crippen LogP contribution in [0.25, 0.3) is 0 Å². The van der Waals surface area contributed by atoms with Gasteiger partial charge in [0.1, 0.15) is 0 Å². The van der Waals surface area contributed by atoms with Crippen LogP contribution in [0, 0.1) is 20.8 Å². The Kier molecular flexibility index (Phi) is 5.74. The number of hydrogen-bond acceptors (Lipinski definition) is 2. The Balaban J connectivity index is 2.62. The maximum Gasteiger partial charge on any atom is 0.219 e. The van der Waals surface area contributed by atoms with E-state index in [1.807, 2.05) is 39.8 Å². The molecule has 3 heteroatoms. The molecule has 104 valence electrons. The molecule has 0 atom stereocenters. The summed E-state index contributed by atoms with van der Waals surface area (Å²) in [5.74, 6) is 0.159. The lowest BCUT2D eigenvalue weighted by Crippen LogP contribution is -2.22. The summed E-state index contributed by atoms with van der Waals surface area (Å²) in [5.41, 5.74) is 4.05. The smallest absolute Gasteiger partial charge is 0.219 e. The van der Waals surface area contributed by atoms with Crippen LogP contribution in [0.3, 0.4) is 0 Å². The molecule has 0 unspecified atom stereocenters. The second-order valence-electron chi connectivity index (χ2n) is 5.00. The summed E-state index contributed by atoms with van der Waals surface area (Å²) < 4.78 is 0. The topological polar surface area (TPSA) is 46.2 Å². The van der Waals surface area contributed by atoms with Crippen molar-refractivity contribution in [2.24, 2.45) is 0 Å². The minimum absolute atomic E-state index is 0.0210. The maximum atomic E-state index is 12.2. The highest BCUT2D eigenvalue weighted by Gasteiger charge is 2.13. The lowest BCUT2D eigenvalue weighted by atomic mass is 9.94. The zero-order valence-corrected chi connectivity index (χ0v) is 12.3. The van der Waals surface area contributed by atoms with Gasteiger partial charge in [-0.25, -0.2) is 0 Å². The lowest BCUT2D eigenvalue weighted by Gasteiger charge is -2.10. The van der Waals surface area contributed by atoms with E-state index in [9.17, 15) is 9.59 Å². The molecule has 0 heterocycles. The monoisotopic (exact) mass is 261 g/mol. The molecule has 0 saturated heterocycles. The van der Waals surface area contributed by atoms with E-state index < -0.39 is 0 Å². The van der Waals surface area contributed by atoms with Gasteiger partial charge in [-0.3, -0.25) is 9.59 Å². The van der Waals surface area contributed by atoms with E-state index in [1.165, 1.54) is 5.56 Å². The molecule has 1 rings (SSSR count). The van der Waals surface area contributed by atoms with Gasteiger partial charge in [0.25, 0.3) is 0 Å². The van der Waals surface area contributed by atoms with Gasteiger partial charge < -0.3 is 5.32 Å². The van der Waals surface area contributed by atoms with Crippen LogP contribution in [0.2, 0.25) is 0 Å². The van der Waals surface area contributed by atoms with E-state index in [2.05, 4.69) is 5.32 Å². The van der Waals surface area contributed by atoms with Gasteiger partial charge in [-0.15, -0.1) is 0 Å². The number of carbonyl (C=O) groups excluding carboxylic acids is 2. The molecule has 0 fully saturated rings. The molecule has 1 amide bonds. The molecule has 0 saturated carbocycles. The quantitative estimate of drug-likeness (QED) is 0.800. The van der Waals surface area contributed by atoms with Crippen LogP contribution in [-0.2, 0) is 4.79 Å². The molecule has 0 aromatic heterocycles. The first-order valence-corrected chi connectivity index (χ1v) is 6.83. The summed E-state index contributed by atoms with van der Waals surface area (Å²) in [6.45, 7) is 8.50. The number of hydrogen-bond donors (Lipinski definition) is 1. The molecule has 0 bridgehead atoms. The SMILES string of the molecule is CCNC(=O)CCCC(=O)c1c(C)cc(C)cc1C. The highest BCUT2D eigenvalue weighted by Crippen LogP contribution is 2.19. The summed E-state index contributed by atoms with van der Waals surface area (Å²) in [5, 5.41) is 2.74. The number of amides is 1. The fourth-order valence-corrected chi connectivity index (χ4v) is 2.44. The van der Waals surface area contributed by atoms with Crippen LogP contribution < -0.4 is 5.32 Å². The van der Waals surface area contributed by atoms with Crippen molar-refractivity contribution in [3.8, 4) is 0 Å². The molecule has 1 aromatic rings. The second-order valence-corrected chi connectivity index (χ2v) is 5.00. The first-order valence-electron chi connectivity index (χ1n) is 6.83. The molecule has 0 spiro atoms. The summed E-state index contributed by atoms with van der Waals surface area (Å²) >= 11 is 0. The zero-order chi connectivity index (χ0) is 14.4. The van der Waals surface area contributed by atoms with E-state index in [-0.39, 0.29) is 11.7 Å². The van der Waals surface area contributed by atoms with Crippen molar-refractivity contribution in [1.82, 2.24) is 5.32 Å². The molecule has 0 aliphatic rings. The third-order valence-corrected chi connectivity index (χ3v) is 3.14. The third-order valence-electron chi connectivity index (χ3n) is 3.14. The molecular weight excluding hydrogens is 238 g/mol. The van der Waals surface area contributed by atoms with Crippen LogP contribution in [0.5, 0.6) is 0 Å². The first kappa shape index (κ1) is 15.4. The van der Waals surface area contributed by atoms with Gasteiger partial charge in [0.15, 0.2) is 5.78 Å². The Bertz CT molecular complexity index is 455. The number of Topliss-reactive ketones (excluding diaryl/α,β-unsaturated/α-hetero) is 1. The normalized spacial score (nSPS) is 10.3.